The number of thioether (sulfide) groups is 1. The van der Waals surface area contributed by atoms with E-state index in [1.807, 2.05) is 36.0 Å². The Hall–Kier alpha value is -1.50. The normalized spacial score (nSPS) is 19.9. The minimum Gasteiger partial charge on any atom is -0.508 e. The average Bonchev–Trinajstić information content (AvgIpc) is 3.09. The molecule has 1 saturated heterocycles. The molecule has 0 aliphatic carbocycles. The predicted molar refractivity (Wildman–Crippen MR) is 121 cm³/mol. The fraction of sp³-hybridized carbons (Fsp3) is 0.391. The summed E-state index contributed by atoms with van der Waals surface area (Å²) < 4.78 is 19.7. The third-order valence-corrected chi connectivity index (χ3v) is 7.23. The maximum absolute atomic E-state index is 12.4. The fourth-order valence-corrected chi connectivity index (χ4v) is 5.86. The van der Waals surface area contributed by atoms with E-state index in [-0.39, 0.29) is 18.5 Å². The highest BCUT2D eigenvalue weighted by Crippen LogP contribution is 2.42. The maximum Gasteiger partial charge on any atom is 0.119 e. The topological polar surface area (TPSA) is 32.7 Å². The average molecular weight is 478 g/mol. The Bertz CT molecular complexity index is 887. The van der Waals surface area contributed by atoms with Crippen LogP contribution in [0.4, 0.5) is 4.39 Å². The number of likely N-dealkylation sites (tertiary alicyclic amines) is 1. The molecule has 2 aliphatic rings. The zero-order valence-electron chi connectivity index (χ0n) is 16.2. The predicted octanol–water partition coefficient (Wildman–Crippen LogP) is 5.86. The van der Waals surface area contributed by atoms with Crippen molar-refractivity contribution in [1.29, 1.82) is 0 Å². The molecule has 0 aromatic heterocycles. The standard InChI is InChI=1S/C23H25BrFNO2S/c24-21-9-13-29-22-7-4-17(27)14-20(22)23(21)16-2-5-18(6-3-16)28-19-8-12-26(15-19)11-1-10-25/h2-7,14,19,27H,1,8-13,15H2. The van der Waals surface area contributed by atoms with E-state index in [1.165, 1.54) is 4.90 Å². The highest BCUT2D eigenvalue weighted by molar-refractivity contribution is 9.11. The number of benzene rings is 2. The number of hydrogen-bond donors (Lipinski definition) is 1. The molecule has 3 nitrogen and oxygen atoms in total. The van der Waals surface area contributed by atoms with Crippen molar-refractivity contribution in [3.8, 4) is 11.5 Å². The monoisotopic (exact) mass is 477 g/mol. The van der Waals surface area contributed by atoms with E-state index >= 15 is 0 Å². The molecular formula is C23H25BrFNO2S. The number of aromatic hydroxyl groups is 1. The van der Waals surface area contributed by atoms with E-state index in [4.69, 9.17) is 4.74 Å². The molecule has 0 spiro atoms. The number of phenolic OH excluding ortho intramolecular Hbond substituents is 1. The molecule has 2 heterocycles. The number of halogens is 2. The van der Waals surface area contributed by atoms with Gasteiger partial charge in [0.1, 0.15) is 17.6 Å². The summed E-state index contributed by atoms with van der Waals surface area (Å²) in [5.41, 5.74) is 3.30. The zero-order valence-corrected chi connectivity index (χ0v) is 18.6. The summed E-state index contributed by atoms with van der Waals surface area (Å²) in [5.74, 6) is 2.15. The van der Waals surface area contributed by atoms with Gasteiger partial charge in [0.05, 0.1) is 6.67 Å². The van der Waals surface area contributed by atoms with Gasteiger partial charge in [0.2, 0.25) is 0 Å². The Labute approximate surface area is 184 Å². The number of phenols is 1. The molecule has 1 atom stereocenters. The van der Waals surface area contributed by atoms with Gasteiger partial charge in [-0.15, -0.1) is 11.8 Å². The summed E-state index contributed by atoms with van der Waals surface area (Å²) in [6, 6.07) is 13.8. The van der Waals surface area contributed by atoms with Crippen LogP contribution in [0.25, 0.3) is 5.57 Å². The number of alkyl halides is 1. The van der Waals surface area contributed by atoms with Gasteiger partial charge >= 0.3 is 0 Å². The van der Waals surface area contributed by atoms with Crippen LogP contribution in [0.5, 0.6) is 11.5 Å². The molecule has 1 unspecified atom stereocenters. The molecular weight excluding hydrogens is 453 g/mol. The molecule has 0 radical (unpaired) electrons. The van der Waals surface area contributed by atoms with Crippen LogP contribution in [0.3, 0.4) is 0 Å². The van der Waals surface area contributed by atoms with Gasteiger partial charge in [0.15, 0.2) is 0 Å². The lowest BCUT2D eigenvalue weighted by Crippen LogP contribution is -2.26. The minimum atomic E-state index is -0.256. The van der Waals surface area contributed by atoms with E-state index in [2.05, 4.69) is 33.0 Å². The highest BCUT2D eigenvalue weighted by atomic mass is 79.9. The van der Waals surface area contributed by atoms with Crippen LogP contribution in [0, 0.1) is 0 Å². The number of hydrogen-bond acceptors (Lipinski definition) is 4. The molecule has 0 bridgehead atoms. The molecule has 1 N–H and O–H groups in total. The van der Waals surface area contributed by atoms with Crippen LogP contribution >= 0.6 is 27.7 Å². The molecule has 1 fully saturated rings. The molecule has 4 rings (SSSR count). The van der Waals surface area contributed by atoms with Gasteiger partial charge in [0, 0.05) is 45.9 Å². The summed E-state index contributed by atoms with van der Waals surface area (Å²) in [5, 5.41) is 10.0. The van der Waals surface area contributed by atoms with Crippen molar-refractivity contribution in [1.82, 2.24) is 4.90 Å². The zero-order chi connectivity index (χ0) is 20.2. The maximum atomic E-state index is 12.4. The first kappa shape index (κ1) is 20.8. The van der Waals surface area contributed by atoms with Crippen molar-refractivity contribution in [3.05, 3.63) is 58.1 Å². The van der Waals surface area contributed by atoms with Crippen LogP contribution in [0.2, 0.25) is 0 Å². The Morgan fingerprint density at radius 2 is 2.03 bits per heavy atom. The molecule has 2 aliphatic heterocycles. The van der Waals surface area contributed by atoms with Crippen LogP contribution in [0.1, 0.15) is 30.4 Å². The third kappa shape index (κ3) is 4.98. The van der Waals surface area contributed by atoms with Crippen LogP contribution in [-0.4, -0.2) is 48.2 Å². The minimum absolute atomic E-state index is 0.165. The lowest BCUT2D eigenvalue weighted by atomic mass is 9.96. The lowest BCUT2D eigenvalue weighted by Gasteiger charge is -2.17. The van der Waals surface area contributed by atoms with Crippen molar-refractivity contribution in [2.24, 2.45) is 0 Å². The number of fused-ring (bicyclic) bond motifs is 1. The Balaban J connectivity index is 1.50. The van der Waals surface area contributed by atoms with Gasteiger partial charge in [-0.25, -0.2) is 0 Å². The van der Waals surface area contributed by atoms with Crippen molar-refractivity contribution in [3.63, 3.8) is 0 Å². The van der Waals surface area contributed by atoms with Gasteiger partial charge in [-0.05, 0) is 55.2 Å². The summed E-state index contributed by atoms with van der Waals surface area (Å²) >= 11 is 5.59. The summed E-state index contributed by atoms with van der Waals surface area (Å²) in [7, 11) is 0. The first-order valence-electron chi connectivity index (χ1n) is 10.0. The van der Waals surface area contributed by atoms with Gasteiger partial charge in [-0.2, -0.15) is 0 Å². The second-order valence-corrected chi connectivity index (χ2v) is 9.55. The fourth-order valence-electron chi connectivity index (χ4n) is 3.95. The second kappa shape index (κ2) is 9.54. The van der Waals surface area contributed by atoms with Crippen molar-refractivity contribution in [2.75, 3.05) is 32.1 Å². The quantitative estimate of drug-likeness (QED) is 0.564. The largest absolute Gasteiger partial charge is 0.508 e. The SMILES string of the molecule is Oc1ccc2c(c1)C(c1ccc(OC3CCN(CCCF)C3)cc1)=C(Br)CCS2. The van der Waals surface area contributed by atoms with Crippen molar-refractivity contribution < 1.29 is 14.2 Å². The Kier molecular flexibility index (Phi) is 6.83. The summed E-state index contributed by atoms with van der Waals surface area (Å²) in [6.07, 6.45) is 2.69. The third-order valence-electron chi connectivity index (χ3n) is 5.37. The van der Waals surface area contributed by atoms with Gasteiger partial charge in [-0.1, -0.05) is 28.1 Å². The molecule has 29 heavy (non-hydrogen) atoms. The first-order valence-corrected chi connectivity index (χ1v) is 11.8. The lowest BCUT2D eigenvalue weighted by molar-refractivity contribution is 0.198. The van der Waals surface area contributed by atoms with Crippen LogP contribution in [-0.2, 0) is 0 Å². The van der Waals surface area contributed by atoms with Gasteiger partial charge in [0.25, 0.3) is 0 Å². The van der Waals surface area contributed by atoms with E-state index in [1.54, 1.807) is 6.07 Å². The van der Waals surface area contributed by atoms with Crippen LogP contribution < -0.4 is 4.74 Å². The highest BCUT2D eigenvalue weighted by Gasteiger charge is 2.24. The van der Waals surface area contributed by atoms with E-state index in [9.17, 15) is 9.50 Å². The van der Waals surface area contributed by atoms with E-state index in [0.717, 1.165) is 65.2 Å². The van der Waals surface area contributed by atoms with Crippen molar-refractivity contribution in [2.45, 2.75) is 30.3 Å². The number of nitrogens with zero attached hydrogens (tertiary/aromatic N) is 1. The summed E-state index contributed by atoms with van der Waals surface area (Å²) in [4.78, 5) is 3.46. The van der Waals surface area contributed by atoms with Gasteiger partial charge in [-0.3, -0.25) is 9.29 Å². The molecule has 154 valence electrons. The molecule has 0 amide bonds. The number of rotatable bonds is 6. The number of allylic oxidation sites excluding steroid dienone is 1. The Morgan fingerprint density at radius 1 is 1.21 bits per heavy atom. The Morgan fingerprint density at radius 3 is 2.83 bits per heavy atom. The molecule has 0 saturated carbocycles. The number of ether oxygens (including phenoxy) is 1. The first-order chi connectivity index (χ1) is 14.1. The summed E-state index contributed by atoms with van der Waals surface area (Å²) in [6.45, 7) is 2.39. The van der Waals surface area contributed by atoms with E-state index < -0.39 is 0 Å². The van der Waals surface area contributed by atoms with Gasteiger partial charge < -0.3 is 9.84 Å². The molecule has 2 aromatic rings. The molecule has 6 heteroatoms. The molecule has 2 aromatic carbocycles. The van der Waals surface area contributed by atoms with E-state index in [0.29, 0.717) is 6.42 Å². The second-order valence-electron chi connectivity index (χ2n) is 7.45. The van der Waals surface area contributed by atoms with Crippen molar-refractivity contribution >= 4 is 33.3 Å². The van der Waals surface area contributed by atoms with Crippen LogP contribution in [0.15, 0.2) is 51.8 Å². The smallest absolute Gasteiger partial charge is 0.119 e.